The van der Waals surface area contributed by atoms with E-state index in [0.717, 1.165) is 5.56 Å². The Morgan fingerprint density at radius 3 is 2.61 bits per heavy atom. The van der Waals surface area contributed by atoms with Crippen molar-refractivity contribution in [1.82, 2.24) is 19.4 Å². The van der Waals surface area contributed by atoms with Gasteiger partial charge in [-0.3, -0.25) is 9.48 Å². The van der Waals surface area contributed by atoms with Crippen molar-refractivity contribution in [3.05, 3.63) is 59.4 Å². The molecular weight excluding hydrogens is 400 g/mol. The number of likely N-dealkylation sites (tertiary alicyclic amines) is 1. The Morgan fingerprint density at radius 2 is 1.96 bits per heavy atom. The molecule has 2 heterocycles. The zero-order valence-electron chi connectivity index (χ0n) is 15.4. The summed E-state index contributed by atoms with van der Waals surface area (Å²) in [6.45, 7) is 1.63. The summed E-state index contributed by atoms with van der Waals surface area (Å²) in [5.41, 5.74) is 0.886. The molecule has 1 aromatic carbocycles. The summed E-state index contributed by atoms with van der Waals surface area (Å²) in [5.74, 6) is -0.113. The minimum absolute atomic E-state index is 0.113. The number of aromatic nitrogens is 2. The van der Waals surface area contributed by atoms with Crippen molar-refractivity contribution in [1.29, 1.82) is 0 Å². The summed E-state index contributed by atoms with van der Waals surface area (Å²) in [6, 6.07) is 8.99. The van der Waals surface area contributed by atoms with Crippen molar-refractivity contribution in [2.75, 3.05) is 19.6 Å². The van der Waals surface area contributed by atoms with E-state index in [1.807, 2.05) is 12.1 Å². The van der Waals surface area contributed by atoms with Crippen LogP contribution in [0.5, 0.6) is 0 Å². The highest BCUT2D eigenvalue weighted by Crippen LogP contribution is 2.18. The third kappa shape index (κ3) is 5.67. The predicted molar refractivity (Wildman–Crippen MR) is 109 cm³/mol. The van der Waals surface area contributed by atoms with Gasteiger partial charge in [0, 0.05) is 43.1 Å². The van der Waals surface area contributed by atoms with E-state index in [0.29, 0.717) is 44.0 Å². The molecule has 0 unspecified atom stereocenters. The Labute approximate surface area is 170 Å². The average Bonchev–Trinajstić information content (AvgIpc) is 3.21. The van der Waals surface area contributed by atoms with Crippen molar-refractivity contribution in [2.24, 2.45) is 0 Å². The van der Waals surface area contributed by atoms with Crippen LogP contribution in [0.3, 0.4) is 0 Å². The molecule has 0 spiro atoms. The quantitative estimate of drug-likeness (QED) is 0.693. The lowest BCUT2D eigenvalue weighted by molar-refractivity contribution is -0.126. The van der Waals surface area contributed by atoms with Crippen LogP contribution in [0.25, 0.3) is 6.08 Å². The molecule has 1 amide bonds. The molecule has 0 radical (unpaired) electrons. The second-order valence-electron chi connectivity index (χ2n) is 6.62. The van der Waals surface area contributed by atoms with Gasteiger partial charge in [0.1, 0.15) is 0 Å². The number of nitrogens with one attached hydrogen (secondary N) is 1. The summed E-state index contributed by atoms with van der Waals surface area (Å²) in [6.07, 6.45) is 7.55. The lowest BCUT2D eigenvalue weighted by Crippen LogP contribution is -2.45. The molecule has 7 nitrogen and oxygen atoms in total. The monoisotopic (exact) mass is 422 g/mol. The van der Waals surface area contributed by atoms with Crippen LogP contribution in [0.4, 0.5) is 0 Å². The molecule has 9 heteroatoms. The molecule has 1 N–H and O–H groups in total. The molecule has 3 rings (SSSR count). The molecule has 0 bridgehead atoms. The van der Waals surface area contributed by atoms with E-state index in [1.165, 1.54) is 6.08 Å². The van der Waals surface area contributed by atoms with Crippen LogP contribution in [0.1, 0.15) is 18.4 Å². The summed E-state index contributed by atoms with van der Waals surface area (Å²) in [5, 5.41) is 4.21. The number of nitrogens with zero attached hydrogens (tertiary/aromatic N) is 3. The minimum atomic E-state index is -3.40. The number of hydrogen-bond acceptors (Lipinski definition) is 4. The number of halogens is 1. The molecule has 1 fully saturated rings. The molecule has 150 valence electrons. The molecule has 28 heavy (non-hydrogen) atoms. The van der Waals surface area contributed by atoms with E-state index in [1.54, 1.807) is 46.3 Å². The van der Waals surface area contributed by atoms with E-state index >= 15 is 0 Å². The molecular formula is C19H23ClN4O3S. The van der Waals surface area contributed by atoms with Gasteiger partial charge in [-0.25, -0.2) is 13.1 Å². The summed E-state index contributed by atoms with van der Waals surface area (Å²) < 4.78 is 29.2. The first-order valence-electron chi connectivity index (χ1n) is 9.12. The van der Waals surface area contributed by atoms with Crippen molar-refractivity contribution in [2.45, 2.75) is 24.6 Å². The van der Waals surface area contributed by atoms with E-state index in [9.17, 15) is 13.2 Å². The number of hydrogen-bond donors (Lipinski definition) is 1. The number of carbonyl (C=O) groups is 1. The van der Waals surface area contributed by atoms with Crippen LogP contribution in [0.15, 0.2) is 48.8 Å². The van der Waals surface area contributed by atoms with Gasteiger partial charge in [-0.15, -0.1) is 0 Å². The van der Waals surface area contributed by atoms with Gasteiger partial charge in [-0.1, -0.05) is 23.7 Å². The Bertz CT molecular complexity index is 903. The summed E-state index contributed by atoms with van der Waals surface area (Å²) in [4.78, 5) is 14.0. The van der Waals surface area contributed by atoms with Gasteiger partial charge in [-0.2, -0.15) is 5.10 Å². The van der Waals surface area contributed by atoms with E-state index in [-0.39, 0.29) is 5.91 Å². The van der Waals surface area contributed by atoms with Gasteiger partial charge in [0.05, 0.1) is 11.8 Å². The van der Waals surface area contributed by atoms with Crippen LogP contribution in [-0.2, 0) is 21.4 Å². The minimum Gasteiger partial charge on any atom is -0.339 e. The highest BCUT2D eigenvalue weighted by molar-refractivity contribution is 7.90. The third-order valence-electron chi connectivity index (χ3n) is 4.68. The lowest BCUT2D eigenvalue weighted by Gasteiger charge is -2.31. The van der Waals surface area contributed by atoms with E-state index < -0.39 is 15.3 Å². The zero-order chi connectivity index (χ0) is 20.0. The molecule has 0 aliphatic carbocycles. The van der Waals surface area contributed by atoms with Crippen LogP contribution in [-0.4, -0.2) is 53.9 Å². The Balaban J connectivity index is 1.46. The highest BCUT2D eigenvalue weighted by atomic mass is 35.5. The number of benzene rings is 1. The Morgan fingerprint density at radius 1 is 1.25 bits per heavy atom. The van der Waals surface area contributed by atoms with Gasteiger partial charge in [0.25, 0.3) is 0 Å². The Kier molecular flexibility index (Phi) is 6.88. The number of piperidine rings is 1. The molecule has 1 aromatic heterocycles. The van der Waals surface area contributed by atoms with Crippen molar-refractivity contribution in [3.8, 4) is 0 Å². The molecule has 1 aliphatic rings. The second kappa shape index (κ2) is 9.36. The predicted octanol–water partition coefficient (Wildman–Crippen LogP) is 2.16. The fraction of sp³-hybridized carbons (Fsp3) is 0.368. The number of rotatable bonds is 7. The number of sulfonamides is 1. The zero-order valence-corrected chi connectivity index (χ0v) is 16.9. The maximum Gasteiger partial charge on any atom is 0.246 e. The maximum atomic E-state index is 12.5. The van der Waals surface area contributed by atoms with Gasteiger partial charge in [0.15, 0.2) is 0 Å². The first kappa shape index (κ1) is 20.6. The van der Waals surface area contributed by atoms with Crippen molar-refractivity contribution < 1.29 is 13.2 Å². The van der Waals surface area contributed by atoms with Crippen LogP contribution >= 0.6 is 11.6 Å². The van der Waals surface area contributed by atoms with Gasteiger partial charge < -0.3 is 4.90 Å². The molecule has 0 saturated carbocycles. The van der Waals surface area contributed by atoms with E-state index in [4.69, 9.17) is 11.6 Å². The standard InChI is InChI=1S/C19H23ClN4O3S/c20-17-5-2-16(3-6-17)4-7-19(25)23-13-8-18(9-14-23)28(26,27)22-11-15-24-12-1-10-21-24/h1-7,10,12,18,22H,8-9,11,13-15H2/b7-4+. The van der Waals surface area contributed by atoms with Crippen LogP contribution in [0.2, 0.25) is 5.02 Å². The molecule has 0 atom stereocenters. The lowest BCUT2D eigenvalue weighted by atomic mass is 10.1. The normalized spacial score (nSPS) is 16.0. The summed E-state index contributed by atoms with van der Waals surface area (Å²) >= 11 is 5.85. The summed E-state index contributed by atoms with van der Waals surface area (Å²) in [7, 11) is -3.40. The SMILES string of the molecule is O=C(/C=C/c1ccc(Cl)cc1)N1CCC(S(=O)(=O)NCCn2cccn2)CC1. The fourth-order valence-corrected chi connectivity index (χ4v) is 4.66. The van der Waals surface area contributed by atoms with Gasteiger partial charge in [0.2, 0.25) is 15.9 Å². The second-order valence-corrected chi connectivity index (χ2v) is 9.10. The van der Waals surface area contributed by atoms with E-state index in [2.05, 4.69) is 9.82 Å². The highest BCUT2D eigenvalue weighted by Gasteiger charge is 2.30. The van der Waals surface area contributed by atoms with Crippen LogP contribution < -0.4 is 4.72 Å². The van der Waals surface area contributed by atoms with Crippen molar-refractivity contribution >= 4 is 33.6 Å². The molecule has 1 aliphatic heterocycles. The molecule has 1 saturated heterocycles. The van der Waals surface area contributed by atoms with Crippen molar-refractivity contribution in [3.63, 3.8) is 0 Å². The third-order valence-corrected chi connectivity index (χ3v) is 6.89. The maximum absolute atomic E-state index is 12.5. The molecule has 2 aromatic rings. The van der Waals surface area contributed by atoms with Crippen LogP contribution in [0, 0.1) is 0 Å². The topological polar surface area (TPSA) is 84.3 Å². The fourth-order valence-electron chi connectivity index (χ4n) is 3.09. The number of carbonyl (C=O) groups excluding carboxylic acids is 1. The first-order chi connectivity index (χ1) is 13.4. The average molecular weight is 423 g/mol. The van der Waals surface area contributed by atoms with Gasteiger partial charge >= 0.3 is 0 Å². The number of amides is 1. The van der Waals surface area contributed by atoms with Gasteiger partial charge in [-0.05, 0) is 42.7 Å². The smallest absolute Gasteiger partial charge is 0.246 e. The largest absolute Gasteiger partial charge is 0.339 e. The first-order valence-corrected chi connectivity index (χ1v) is 11.0. The Hall–Kier alpha value is -2.16.